The van der Waals surface area contributed by atoms with Gasteiger partial charge in [-0.1, -0.05) is 30.3 Å². The molecule has 2 aromatic rings. The van der Waals surface area contributed by atoms with E-state index >= 15 is 0 Å². The van der Waals surface area contributed by atoms with Crippen molar-refractivity contribution in [1.82, 2.24) is 10.6 Å². The van der Waals surface area contributed by atoms with Crippen LogP contribution in [0.1, 0.15) is 23.6 Å². The van der Waals surface area contributed by atoms with Crippen LogP contribution in [-0.4, -0.2) is 37.4 Å². The van der Waals surface area contributed by atoms with E-state index in [-0.39, 0.29) is 12.5 Å². The molecule has 1 unspecified atom stereocenters. The van der Waals surface area contributed by atoms with Gasteiger partial charge in [0.2, 0.25) is 17.7 Å². The molecule has 3 N–H and O–H groups in total. The lowest BCUT2D eigenvalue weighted by Gasteiger charge is -2.14. The SMILES string of the molecule is COc1ccc(/C=C/C(=O)NC(C)C(=O)NCC(=O)Nc2c(C)cccc2C)cc1. The molecule has 0 spiro atoms. The first-order valence-corrected chi connectivity index (χ1v) is 9.56. The summed E-state index contributed by atoms with van der Waals surface area (Å²) in [6.45, 7) is 5.17. The summed E-state index contributed by atoms with van der Waals surface area (Å²) in [4.78, 5) is 36.3. The van der Waals surface area contributed by atoms with Crippen molar-refractivity contribution in [2.75, 3.05) is 19.0 Å². The van der Waals surface area contributed by atoms with E-state index in [4.69, 9.17) is 4.74 Å². The number of para-hydroxylation sites is 1. The van der Waals surface area contributed by atoms with Crippen LogP contribution < -0.4 is 20.7 Å². The van der Waals surface area contributed by atoms with Crippen molar-refractivity contribution < 1.29 is 19.1 Å². The fourth-order valence-corrected chi connectivity index (χ4v) is 2.73. The second-order valence-corrected chi connectivity index (χ2v) is 6.87. The number of rotatable bonds is 8. The van der Waals surface area contributed by atoms with Crippen molar-refractivity contribution in [3.05, 3.63) is 65.2 Å². The van der Waals surface area contributed by atoms with Gasteiger partial charge < -0.3 is 20.7 Å². The highest BCUT2D eigenvalue weighted by atomic mass is 16.5. The summed E-state index contributed by atoms with van der Waals surface area (Å²) in [6, 6.07) is 12.1. The van der Waals surface area contributed by atoms with Crippen LogP contribution in [-0.2, 0) is 14.4 Å². The van der Waals surface area contributed by atoms with Crippen LogP contribution in [0.25, 0.3) is 6.08 Å². The van der Waals surface area contributed by atoms with E-state index in [2.05, 4.69) is 16.0 Å². The van der Waals surface area contributed by atoms with Gasteiger partial charge >= 0.3 is 0 Å². The van der Waals surface area contributed by atoms with Crippen LogP contribution in [0.2, 0.25) is 0 Å². The molecule has 0 aliphatic rings. The molecule has 7 nitrogen and oxygen atoms in total. The lowest BCUT2D eigenvalue weighted by molar-refractivity contribution is -0.127. The predicted octanol–water partition coefficient (Wildman–Crippen LogP) is 2.58. The van der Waals surface area contributed by atoms with Crippen LogP contribution in [0, 0.1) is 13.8 Å². The molecule has 3 amide bonds. The first-order valence-electron chi connectivity index (χ1n) is 9.56. The average molecular weight is 409 g/mol. The normalized spacial score (nSPS) is 11.6. The maximum atomic E-state index is 12.2. The van der Waals surface area contributed by atoms with Gasteiger partial charge in [0, 0.05) is 11.8 Å². The molecule has 0 bridgehead atoms. The van der Waals surface area contributed by atoms with Crippen molar-refractivity contribution in [3.63, 3.8) is 0 Å². The molecule has 158 valence electrons. The molecule has 0 aliphatic heterocycles. The molecule has 0 aliphatic carbocycles. The summed E-state index contributed by atoms with van der Waals surface area (Å²) in [6.07, 6.45) is 2.98. The molecule has 2 rings (SSSR count). The third-order valence-corrected chi connectivity index (χ3v) is 4.46. The van der Waals surface area contributed by atoms with Crippen LogP contribution in [0.15, 0.2) is 48.5 Å². The summed E-state index contributed by atoms with van der Waals surface area (Å²) in [7, 11) is 1.58. The Kier molecular flexibility index (Phi) is 8.17. The van der Waals surface area contributed by atoms with Gasteiger partial charge in [0.05, 0.1) is 13.7 Å². The van der Waals surface area contributed by atoms with Crippen LogP contribution in [0.3, 0.4) is 0 Å². The van der Waals surface area contributed by atoms with E-state index in [1.807, 2.05) is 44.2 Å². The molecule has 0 aromatic heterocycles. The number of anilines is 1. The third kappa shape index (κ3) is 6.77. The Hall–Kier alpha value is -3.61. The Balaban J connectivity index is 1.80. The number of amides is 3. The Morgan fingerprint density at radius 1 is 1.03 bits per heavy atom. The lowest BCUT2D eigenvalue weighted by atomic mass is 10.1. The molecule has 0 saturated heterocycles. The van der Waals surface area contributed by atoms with Crippen molar-refractivity contribution in [2.45, 2.75) is 26.8 Å². The average Bonchev–Trinajstić information content (AvgIpc) is 2.73. The number of carbonyl (C=O) groups excluding carboxylic acids is 3. The number of carbonyl (C=O) groups is 3. The topological polar surface area (TPSA) is 96.5 Å². The highest BCUT2D eigenvalue weighted by Gasteiger charge is 2.15. The molecule has 0 fully saturated rings. The number of hydrogen-bond acceptors (Lipinski definition) is 4. The zero-order valence-electron chi connectivity index (χ0n) is 17.6. The molecule has 0 heterocycles. The second-order valence-electron chi connectivity index (χ2n) is 6.87. The summed E-state index contributed by atoms with van der Waals surface area (Å²) in [5, 5.41) is 7.90. The van der Waals surface area contributed by atoms with Crippen LogP contribution in [0.5, 0.6) is 5.75 Å². The number of methoxy groups -OCH3 is 1. The van der Waals surface area contributed by atoms with E-state index < -0.39 is 17.9 Å². The number of benzene rings is 2. The zero-order valence-corrected chi connectivity index (χ0v) is 17.6. The summed E-state index contributed by atoms with van der Waals surface area (Å²) in [5.74, 6) is -0.464. The standard InChI is InChI=1S/C23H27N3O4/c1-15-6-5-7-16(2)22(15)26-21(28)14-24-23(29)17(3)25-20(27)13-10-18-8-11-19(30-4)12-9-18/h5-13,17H,14H2,1-4H3,(H,24,29)(H,25,27)(H,26,28)/b13-10+. The van der Waals surface area contributed by atoms with E-state index in [1.54, 1.807) is 32.2 Å². The molecular formula is C23H27N3O4. The lowest BCUT2D eigenvalue weighted by Crippen LogP contribution is -2.46. The minimum Gasteiger partial charge on any atom is -0.497 e. The largest absolute Gasteiger partial charge is 0.497 e. The fraction of sp³-hybridized carbons (Fsp3) is 0.261. The number of hydrogen-bond donors (Lipinski definition) is 3. The third-order valence-electron chi connectivity index (χ3n) is 4.46. The maximum Gasteiger partial charge on any atom is 0.244 e. The number of nitrogens with one attached hydrogen (secondary N) is 3. The van der Waals surface area contributed by atoms with Gasteiger partial charge in [0.15, 0.2) is 0 Å². The minimum absolute atomic E-state index is 0.186. The first kappa shape index (κ1) is 22.7. The second kappa shape index (κ2) is 10.8. The first-order chi connectivity index (χ1) is 14.3. The highest BCUT2D eigenvalue weighted by Crippen LogP contribution is 2.19. The van der Waals surface area contributed by atoms with Crippen molar-refractivity contribution in [3.8, 4) is 5.75 Å². The summed E-state index contributed by atoms with van der Waals surface area (Å²) < 4.78 is 5.08. The Bertz CT molecular complexity index is 916. The smallest absolute Gasteiger partial charge is 0.244 e. The van der Waals surface area contributed by atoms with Gasteiger partial charge in [-0.3, -0.25) is 14.4 Å². The molecule has 30 heavy (non-hydrogen) atoms. The molecule has 0 saturated carbocycles. The molecule has 2 aromatic carbocycles. The van der Waals surface area contributed by atoms with E-state index in [0.717, 1.165) is 28.1 Å². The Morgan fingerprint density at radius 3 is 2.27 bits per heavy atom. The molecule has 0 radical (unpaired) electrons. The highest BCUT2D eigenvalue weighted by molar-refractivity contribution is 5.98. The Labute approximate surface area is 176 Å². The van der Waals surface area contributed by atoms with E-state index in [0.29, 0.717) is 0 Å². The van der Waals surface area contributed by atoms with Gasteiger partial charge in [-0.05, 0) is 55.7 Å². The van der Waals surface area contributed by atoms with Gasteiger partial charge in [-0.2, -0.15) is 0 Å². The minimum atomic E-state index is -0.786. The van der Waals surface area contributed by atoms with E-state index in [9.17, 15) is 14.4 Å². The summed E-state index contributed by atoms with van der Waals surface area (Å²) in [5.41, 5.74) is 3.45. The number of aryl methyl sites for hydroxylation is 2. The van der Waals surface area contributed by atoms with Crippen molar-refractivity contribution in [2.24, 2.45) is 0 Å². The maximum absolute atomic E-state index is 12.2. The van der Waals surface area contributed by atoms with Crippen LogP contribution >= 0.6 is 0 Å². The van der Waals surface area contributed by atoms with Gasteiger partial charge in [0.25, 0.3) is 0 Å². The number of ether oxygens (including phenoxy) is 1. The van der Waals surface area contributed by atoms with Crippen molar-refractivity contribution in [1.29, 1.82) is 0 Å². The zero-order chi connectivity index (χ0) is 22.1. The van der Waals surface area contributed by atoms with E-state index in [1.165, 1.54) is 6.08 Å². The monoisotopic (exact) mass is 409 g/mol. The molecule has 1 atom stereocenters. The predicted molar refractivity (Wildman–Crippen MR) is 117 cm³/mol. The van der Waals surface area contributed by atoms with Gasteiger partial charge in [-0.15, -0.1) is 0 Å². The summed E-state index contributed by atoms with van der Waals surface area (Å²) >= 11 is 0. The Morgan fingerprint density at radius 2 is 1.67 bits per heavy atom. The van der Waals surface area contributed by atoms with Gasteiger partial charge in [-0.25, -0.2) is 0 Å². The quantitative estimate of drug-likeness (QED) is 0.584. The fourth-order valence-electron chi connectivity index (χ4n) is 2.73. The van der Waals surface area contributed by atoms with Gasteiger partial charge in [0.1, 0.15) is 11.8 Å². The van der Waals surface area contributed by atoms with Crippen LogP contribution in [0.4, 0.5) is 5.69 Å². The molecule has 7 heteroatoms. The van der Waals surface area contributed by atoms with Crippen molar-refractivity contribution >= 4 is 29.5 Å². The molecular weight excluding hydrogens is 382 g/mol.